The Hall–Kier alpha value is -3.83. The van der Waals surface area contributed by atoms with Crippen LogP contribution in [0.5, 0.6) is 5.75 Å². The highest BCUT2D eigenvalue weighted by molar-refractivity contribution is 6.30. The molecule has 0 unspecified atom stereocenters. The molecule has 5 nitrogen and oxygen atoms in total. The molecule has 37 heavy (non-hydrogen) atoms. The first kappa shape index (κ1) is 24.8. The van der Waals surface area contributed by atoms with Crippen LogP contribution in [-0.4, -0.2) is 22.9 Å². The molecule has 6 heteroatoms. The Balaban J connectivity index is 1.42. The molecule has 3 aromatic carbocycles. The molecule has 1 amide bonds. The van der Waals surface area contributed by atoms with Gasteiger partial charge in [0.25, 0.3) is 5.91 Å². The van der Waals surface area contributed by atoms with Crippen molar-refractivity contribution in [3.8, 4) is 5.75 Å². The minimum absolute atomic E-state index is 0.0185. The summed E-state index contributed by atoms with van der Waals surface area (Å²) in [6, 6.07) is 26.4. The van der Waals surface area contributed by atoms with E-state index in [1.807, 2.05) is 65.2 Å². The van der Waals surface area contributed by atoms with Crippen molar-refractivity contribution < 1.29 is 14.3 Å². The van der Waals surface area contributed by atoms with Crippen LogP contribution in [0.25, 0.3) is 0 Å². The number of benzene rings is 3. The normalized spacial score (nSPS) is 12.9. The van der Waals surface area contributed by atoms with Crippen molar-refractivity contribution in [2.45, 2.75) is 39.3 Å². The standard InChI is InChI=1S/C31H29ClN2O3/c1-31(2,3)23-10-8-21(9-11-23)30(36)28-17-14-25-19-34(27-7-5-4-6-22(27)18-33(25)28)29(35)20-37-26-15-12-24(32)13-16-26/h4-17H,18-20H2,1-3H3. The van der Waals surface area contributed by atoms with Crippen LogP contribution in [0.15, 0.2) is 84.9 Å². The smallest absolute Gasteiger partial charge is 0.265 e. The monoisotopic (exact) mass is 512 g/mol. The number of fused-ring (bicyclic) bond motifs is 2. The molecule has 0 radical (unpaired) electrons. The molecule has 0 aliphatic carbocycles. The van der Waals surface area contributed by atoms with Gasteiger partial charge in [0.05, 0.1) is 18.8 Å². The van der Waals surface area contributed by atoms with Crippen LogP contribution in [0, 0.1) is 0 Å². The Morgan fingerprint density at radius 3 is 2.27 bits per heavy atom. The molecule has 0 N–H and O–H groups in total. The molecule has 4 aromatic rings. The van der Waals surface area contributed by atoms with E-state index in [4.69, 9.17) is 16.3 Å². The lowest BCUT2D eigenvalue weighted by molar-refractivity contribution is -0.120. The van der Waals surface area contributed by atoms with E-state index < -0.39 is 0 Å². The second-order valence-corrected chi connectivity index (χ2v) is 10.7. The number of hydrogen-bond acceptors (Lipinski definition) is 3. The Kier molecular flexibility index (Phi) is 6.65. The van der Waals surface area contributed by atoms with E-state index in [1.165, 1.54) is 5.56 Å². The van der Waals surface area contributed by atoms with Crippen molar-refractivity contribution in [1.82, 2.24) is 4.57 Å². The molecule has 0 bridgehead atoms. The van der Waals surface area contributed by atoms with Crippen LogP contribution in [0.1, 0.15) is 53.6 Å². The van der Waals surface area contributed by atoms with Crippen LogP contribution >= 0.6 is 11.6 Å². The SMILES string of the molecule is CC(C)(C)c1ccc(C(=O)c2ccc3n2Cc2ccccc2N(C(=O)COc2ccc(Cl)cc2)C3)cc1. The highest BCUT2D eigenvalue weighted by Crippen LogP contribution is 2.30. The number of carbonyl (C=O) groups excluding carboxylic acids is 2. The summed E-state index contributed by atoms with van der Waals surface area (Å²) in [5.41, 5.74) is 5.15. The van der Waals surface area contributed by atoms with Crippen molar-refractivity contribution in [3.63, 3.8) is 0 Å². The fourth-order valence-electron chi connectivity index (χ4n) is 4.60. The second kappa shape index (κ2) is 9.91. The molecule has 1 aliphatic heterocycles. The highest BCUT2D eigenvalue weighted by Gasteiger charge is 2.27. The van der Waals surface area contributed by atoms with Crippen molar-refractivity contribution in [2.24, 2.45) is 0 Å². The maximum Gasteiger partial charge on any atom is 0.265 e. The Labute approximate surface area is 222 Å². The van der Waals surface area contributed by atoms with Crippen molar-refractivity contribution >= 4 is 29.0 Å². The van der Waals surface area contributed by atoms with Gasteiger partial charge in [-0.2, -0.15) is 0 Å². The predicted molar refractivity (Wildman–Crippen MR) is 147 cm³/mol. The first-order valence-electron chi connectivity index (χ1n) is 12.3. The van der Waals surface area contributed by atoms with Gasteiger partial charge in [-0.1, -0.05) is 74.8 Å². The fourth-order valence-corrected chi connectivity index (χ4v) is 4.73. The van der Waals surface area contributed by atoms with Gasteiger partial charge >= 0.3 is 0 Å². The molecule has 1 aliphatic rings. The topological polar surface area (TPSA) is 51.5 Å². The Morgan fingerprint density at radius 2 is 1.57 bits per heavy atom. The van der Waals surface area contributed by atoms with E-state index in [0.717, 1.165) is 16.9 Å². The molecule has 0 fully saturated rings. The Bertz CT molecular complexity index is 1450. The Morgan fingerprint density at radius 1 is 0.865 bits per heavy atom. The first-order valence-corrected chi connectivity index (χ1v) is 12.7. The average Bonchev–Trinajstić information content (AvgIpc) is 3.20. The minimum atomic E-state index is -0.164. The number of carbonyl (C=O) groups is 2. The van der Waals surface area contributed by atoms with E-state index in [0.29, 0.717) is 35.1 Å². The molecule has 0 saturated heterocycles. The summed E-state index contributed by atoms with van der Waals surface area (Å²) in [5.74, 6) is 0.382. The van der Waals surface area contributed by atoms with E-state index >= 15 is 0 Å². The zero-order valence-corrected chi connectivity index (χ0v) is 22.0. The van der Waals surface area contributed by atoms with Gasteiger partial charge in [-0.05, 0) is 59.0 Å². The number of para-hydroxylation sites is 1. The van der Waals surface area contributed by atoms with Crippen molar-refractivity contribution in [1.29, 1.82) is 0 Å². The maximum atomic E-state index is 13.5. The van der Waals surface area contributed by atoms with Gasteiger partial charge < -0.3 is 14.2 Å². The third kappa shape index (κ3) is 5.18. The van der Waals surface area contributed by atoms with Crippen LogP contribution < -0.4 is 9.64 Å². The molecular weight excluding hydrogens is 484 g/mol. The molecule has 188 valence electrons. The molecule has 5 rings (SSSR count). The summed E-state index contributed by atoms with van der Waals surface area (Å²) in [6.45, 7) is 7.20. The summed E-state index contributed by atoms with van der Waals surface area (Å²) < 4.78 is 7.76. The molecule has 1 aromatic heterocycles. The van der Waals surface area contributed by atoms with E-state index in [9.17, 15) is 9.59 Å². The third-order valence-electron chi connectivity index (χ3n) is 6.72. The third-order valence-corrected chi connectivity index (χ3v) is 6.98. The average molecular weight is 513 g/mol. The number of amides is 1. The largest absolute Gasteiger partial charge is 0.484 e. The van der Waals surface area contributed by atoms with Gasteiger partial charge in [-0.3, -0.25) is 9.59 Å². The van der Waals surface area contributed by atoms with E-state index in [-0.39, 0.29) is 23.7 Å². The molecule has 0 atom stereocenters. The highest BCUT2D eigenvalue weighted by atomic mass is 35.5. The zero-order chi connectivity index (χ0) is 26.2. The van der Waals surface area contributed by atoms with Crippen LogP contribution in [0.2, 0.25) is 5.02 Å². The maximum absolute atomic E-state index is 13.5. The summed E-state index contributed by atoms with van der Waals surface area (Å²) in [5, 5.41) is 0.608. The zero-order valence-electron chi connectivity index (χ0n) is 21.2. The molecular formula is C31H29ClN2O3. The number of ether oxygens (including phenoxy) is 1. The van der Waals surface area contributed by atoms with Gasteiger partial charge in [0.15, 0.2) is 6.61 Å². The summed E-state index contributed by atoms with van der Waals surface area (Å²) in [6.07, 6.45) is 0. The van der Waals surface area contributed by atoms with Crippen LogP contribution in [0.3, 0.4) is 0 Å². The lowest BCUT2D eigenvalue weighted by atomic mass is 9.86. The number of aromatic nitrogens is 1. The number of rotatable bonds is 5. The van der Waals surface area contributed by atoms with Gasteiger partial charge in [-0.15, -0.1) is 0 Å². The number of anilines is 1. The predicted octanol–water partition coefficient (Wildman–Crippen LogP) is 6.64. The fraction of sp³-hybridized carbons (Fsp3) is 0.226. The number of nitrogens with zero attached hydrogens (tertiary/aromatic N) is 2. The van der Waals surface area contributed by atoms with Crippen molar-refractivity contribution in [2.75, 3.05) is 11.5 Å². The second-order valence-electron chi connectivity index (χ2n) is 10.3. The van der Waals surface area contributed by atoms with Gasteiger partial charge in [0, 0.05) is 22.0 Å². The minimum Gasteiger partial charge on any atom is -0.484 e. The number of hydrogen-bond donors (Lipinski definition) is 0. The summed E-state index contributed by atoms with van der Waals surface area (Å²) in [4.78, 5) is 28.6. The van der Waals surface area contributed by atoms with E-state index in [2.05, 4.69) is 20.8 Å². The van der Waals surface area contributed by atoms with Crippen molar-refractivity contribution in [3.05, 3.63) is 118 Å². The molecule has 2 heterocycles. The quantitative estimate of drug-likeness (QED) is 0.281. The lowest BCUT2D eigenvalue weighted by Crippen LogP contribution is -2.34. The van der Waals surface area contributed by atoms with E-state index in [1.54, 1.807) is 29.2 Å². The number of ketones is 1. The van der Waals surface area contributed by atoms with Gasteiger partial charge in [0.2, 0.25) is 5.78 Å². The van der Waals surface area contributed by atoms with Crippen LogP contribution in [-0.2, 0) is 23.3 Å². The van der Waals surface area contributed by atoms with Gasteiger partial charge in [-0.25, -0.2) is 0 Å². The molecule has 0 saturated carbocycles. The lowest BCUT2D eigenvalue weighted by Gasteiger charge is -2.22. The summed E-state index contributed by atoms with van der Waals surface area (Å²) >= 11 is 5.95. The van der Waals surface area contributed by atoms with Gasteiger partial charge in [0.1, 0.15) is 5.75 Å². The first-order chi connectivity index (χ1) is 17.7. The summed E-state index contributed by atoms with van der Waals surface area (Å²) in [7, 11) is 0. The number of halogens is 1. The molecule has 0 spiro atoms. The van der Waals surface area contributed by atoms with Crippen LogP contribution in [0.4, 0.5) is 5.69 Å².